The molecule has 1 aliphatic rings. The molecule has 3 rings (SSSR count). The molecule has 0 fully saturated rings. The third-order valence-corrected chi connectivity index (χ3v) is 4.55. The Kier molecular flexibility index (Phi) is 5.24. The Morgan fingerprint density at radius 2 is 2.00 bits per heavy atom. The van der Waals surface area contributed by atoms with Crippen LogP contribution in [-0.2, 0) is 6.54 Å². The zero-order valence-corrected chi connectivity index (χ0v) is 14.1. The first-order chi connectivity index (χ1) is 12.0. The van der Waals surface area contributed by atoms with Crippen LogP contribution >= 0.6 is 0 Å². The molecule has 1 N–H and O–H groups in total. The lowest BCUT2D eigenvalue weighted by molar-refractivity contribution is -0.387. The zero-order valence-electron chi connectivity index (χ0n) is 14.1. The van der Waals surface area contributed by atoms with Gasteiger partial charge in [0.2, 0.25) is 5.82 Å². The van der Waals surface area contributed by atoms with E-state index >= 15 is 0 Å². The number of allylic oxidation sites excluding steroid dienone is 1. The van der Waals surface area contributed by atoms with E-state index in [1.165, 1.54) is 17.7 Å². The maximum atomic E-state index is 13.6. The number of nitro benzene ring substituents is 1. The second kappa shape index (κ2) is 7.57. The zero-order chi connectivity index (χ0) is 17.8. The number of hydrogen-bond donors (Lipinski definition) is 1. The fourth-order valence-electron chi connectivity index (χ4n) is 3.32. The Morgan fingerprint density at radius 3 is 2.72 bits per heavy atom. The highest BCUT2D eigenvalue weighted by Crippen LogP contribution is 2.33. The molecule has 0 saturated carbocycles. The molecule has 0 aliphatic heterocycles. The van der Waals surface area contributed by atoms with Crippen molar-refractivity contribution >= 4 is 11.3 Å². The molecule has 130 valence electrons. The molecule has 0 radical (unpaired) electrons. The van der Waals surface area contributed by atoms with E-state index < -0.39 is 16.4 Å². The summed E-state index contributed by atoms with van der Waals surface area (Å²) >= 11 is 0. The van der Waals surface area contributed by atoms with Crippen LogP contribution in [0.25, 0.3) is 5.57 Å². The van der Waals surface area contributed by atoms with E-state index in [-0.39, 0.29) is 6.04 Å². The first-order valence-corrected chi connectivity index (χ1v) is 8.45. The van der Waals surface area contributed by atoms with Crippen LogP contribution in [0.2, 0.25) is 0 Å². The monoisotopic (exact) mass is 340 g/mol. The summed E-state index contributed by atoms with van der Waals surface area (Å²) in [6, 6.07) is 14.5. The third kappa shape index (κ3) is 4.31. The van der Waals surface area contributed by atoms with Gasteiger partial charge in [-0.1, -0.05) is 49.4 Å². The van der Waals surface area contributed by atoms with Crippen molar-refractivity contribution < 1.29 is 9.31 Å². The fraction of sp³-hybridized carbons (Fsp3) is 0.300. The number of halogens is 1. The molecule has 2 aromatic carbocycles. The molecule has 2 atom stereocenters. The van der Waals surface area contributed by atoms with E-state index in [0.29, 0.717) is 5.92 Å². The van der Waals surface area contributed by atoms with Crippen molar-refractivity contribution in [2.24, 2.45) is 5.92 Å². The standard InChI is InChI=1S/C20H21FN2O2/c1-14-9-17(16-7-8-19(21)20(12-16)23(24)25)11-18(10-14)22-13-15-5-3-2-4-6-15/h2-8,11-12,14,18,22H,9-10,13H2,1H3. The van der Waals surface area contributed by atoms with E-state index in [1.807, 2.05) is 18.2 Å². The van der Waals surface area contributed by atoms with Gasteiger partial charge in [0, 0.05) is 18.7 Å². The Hall–Kier alpha value is -2.53. The van der Waals surface area contributed by atoms with E-state index in [0.717, 1.165) is 30.5 Å². The van der Waals surface area contributed by atoms with Crippen molar-refractivity contribution in [2.45, 2.75) is 32.4 Å². The first-order valence-electron chi connectivity index (χ1n) is 8.45. The number of nitrogens with zero attached hydrogens (tertiary/aromatic N) is 1. The van der Waals surface area contributed by atoms with Gasteiger partial charge in [0.05, 0.1) is 4.92 Å². The largest absolute Gasteiger partial charge is 0.306 e. The van der Waals surface area contributed by atoms with Crippen LogP contribution in [-0.4, -0.2) is 11.0 Å². The van der Waals surface area contributed by atoms with Crippen molar-refractivity contribution in [1.29, 1.82) is 0 Å². The molecule has 4 nitrogen and oxygen atoms in total. The van der Waals surface area contributed by atoms with E-state index in [9.17, 15) is 14.5 Å². The minimum absolute atomic E-state index is 0.197. The predicted octanol–water partition coefficient (Wildman–Crippen LogP) is 4.71. The number of rotatable bonds is 5. The molecule has 0 spiro atoms. The third-order valence-electron chi connectivity index (χ3n) is 4.55. The maximum absolute atomic E-state index is 13.6. The Morgan fingerprint density at radius 1 is 1.24 bits per heavy atom. The van der Waals surface area contributed by atoms with Crippen LogP contribution in [0.3, 0.4) is 0 Å². The number of hydrogen-bond acceptors (Lipinski definition) is 3. The smallest absolute Gasteiger partial charge is 0.305 e. The Labute approximate surface area is 146 Å². The summed E-state index contributed by atoms with van der Waals surface area (Å²) < 4.78 is 13.6. The normalized spacial score (nSPS) is 20.2. The summed E-state index contributed by atoms with van der Waals surface area (Å²) in [4.78, 5) is 10.3. The van der Waals surface area contributed by atoms with E-state index in [1.54, 1.807) is 6.07 Å². The maximum Gasteiger partial charge on any atom is 0.305 e. The van der Waals surface area contributed by atoms with Gasteiger partial charge in [0.15, 0.2) is 0 Å². The number of nitro groups is 1. The molecule has 0 bridgehead atoms. The van der Waals surface area contributed by atoms with Gasteiger partial charge in [0.1, 0.15) is 0 Å². The van der Waals surface area contributed by atoms with Gasteiger partial charge in [0.25, 0.3) is 0 Å². The van der Waals surface area contributed by atoms with Gasteiger partial charge in [-0.25, -0.2) is 0 Å². The highest BCUT2D eigenvalue weighted by Gasteiger charge is 2.22. The van der Waals surface area contributed by atoms with Gasteiger partial charge in [-0.2, -0.15) is 4.39 Å². The van der Waals surface area contributed by atoms with Gasteiger partial charge in [-0.3, -0.25) is 10.1 Å². The van der Waals surface area contributed by atoms with Gasteiger partial charge >= 0.3 is 5.69 Å². The SMILES string of the molecule is CC1CC(c2ccc(F)c([N+](=O)[O-])c2)=CC(NCc2ccccc2)C1. The summed E-state index contributed by atoms with van der Waals surface area (Å²) in [6.45, 7) is 2.94. The van der Waals surface area contributed by atoms with E-state index in [4.69, 9.17) is 0 Å². The van der Waals surface area contributed by atoms with Crippen molar-refractivity contribution in [3.63, 3.8) is 0 Å². The molecule has 0 aromatic heterocycles. The Bertz CT molecular complexity index is 790. The van der Waals surface area contributed by atoms with Gasteiger partial charge in [-0.15, -0.1) is 0 Å². The summed E-state index contributed by atoms with van der Waals surface area (Å²) in [5, 5.41) is 14.5. The van der Waals surface area contributed by atoms with Crippen molar-refractivity contribution in [3.8, 4) is 0 Å². The minimum atomic E-state index is -0.794. The molecule has 2 aromatic rings. The lowest BCUT2D eigenvalue weighted by Gasteiger charge is -2.27. The van der Waals surface area contributed by atoms with Crippen LogP contribution in [0.15, 0.2) is 54.6 Å². The van der Waals surface area contributed by atoms with Crippen molar-refractivity contribution in [1.82, 2.24) is 5.32 Å². The van der Waals surface area contributed by atoms with Crippen LogP contribution in [0.5, 0.6) is 0 Å². The van der Waals surface area contributed by atoms with Gasteiger partial charge in [-0.05, 0) is 41.5 Å². The molecule has 1 aliphatic carbocycles. The Balaban J connectivity index is 1.79. The lowest BCUT2D eigenvalue weighted by atomic mass is 9.84. The topological polar surface area (TPSA) is 55.2 Å². The first kappa shape index (κ1) is 17.3. The van der Waals surface area contributed by atoms with E-state index in [2.05, 4.69) is 30.4 Å². The molecule has 5 heteroatoms. The average molecular weight is 340 g/mol. The fourth-order valence-corrected chi connectivity index (χ4v) is 3.32. The summed E-state index contributed by atoms with van der Waals surface area (Å²) in [7, 11) is 0. The minimum Gasteiger partial charge on any atom is -0.306 e. The molecule has 0 heterocycles. The van der Waals surface area contributed by atoms with Crippen LogP contribution in [0, 0.1) is 21.8 Å². The number of nitrogens with one attached hydrogen (secondary N) is 1. The van der Waals surface area contributed by atoms with Crippen molar-refractivity contribution in [3.05, 3.63) is 81.7 Å². The molecule has 2 unspecified atom stereocenters. The summed E-state index contributed by atoms with van der Waals surface area (Å²) in [5.41, 5.74) is 2.51. The van der Waals surface area contributed by atoms with Crippen LogP contribution in [0.1, 0.15) is 30.9 Å². The second-order valence-corrected chi connectivity index (χ2v) is 6.63. The molecule has 0 amide bonds. The summed E-state index contributed by atoms with van der Waals surface area (Å²) in [6.07, 6.45) is 3.98. The van der Waals surface area contributed by atoms with Crippen LogP contribution < -0.4 is 5.32 Å². The molecular formula is C20H21FN2O2. The predicted molar refractivity (Wildman–Crippen MR) is 96.5 cm³/mol. The quantitative estimate of drug-likeness (QED) is 0.634. The highest BCUT2D eigenvalue weighted by atomic mass is 19.1. The molecular weight excluding hydrogens is 319 g/mol. The number of benzene rings is 2. The van der Waals surface area contributed by atoms with Gasteiger partial charge < -0.3 is 5.32 Å². The highest BCUT2D eigenvalue weighted by molar-refractivity contribution is 5.69. The molecule has 25 heavy (non-hydrogen) atoms. The lowest BCUT2D eigenvalue weighted by Crippen LogP contribution is -2.31. The van der Waals surface area contributed by atoms with Crippen LogP contribution in [0.4, 0.5) is 10.1 Å². The summed E-state index contributed by atoms with van der Waals surface area (Å²) in [5.74, 6) is -0.339. The average Bonchev–Trinajstić information content (AvgIpc) is 2.60. The van der Waals surface area contributed by atoms with Crippen molar-refractivity contribution in [2.75, 3.05) is 0 Å². The second-order valence-electron chi connectivity index (χ2n) is 6.63. The molecule has 0 saturated heterocycles.